The van der Waals surface area contributed by atoms with Crippen LogP contribution >= 0.6 is 0 Å². The molecule has 0 aromatic heterocycles. The topological polar surface area (TPSA) is 67.9 Å². The number of nitrogens with two attached hydrogens (primary N) is 1. The minimum Gasteiger partial charge on any atom is -0.469 e. The van der Waals surface area contributed by atoms with Crippen LogP contribution in [0.25, 0.3) is 0 Å². The van der Waals surface area contributed by atoms with E-state index in [2.05, 4.69) is 21.6 Å². The van der Waals surface area contributed by atoms with Crippen LogP contribution in [0.1, 0.15) is 45.4 Å². The number of esters is 1. The Labute approximate surface area is 116 Å². The third-order valence-corrected chi connectivity index (χ3v) is 3.52. The second kappa shape index (κ2) is 8.77. The Kier molecular flexibility index (Phi) is 7.30. The van der Waals surface area contributed by atoms with Gasteiger partial charge in [0.25, 0.3) is 0 Å². The van der Waals surface area contributed by atoms with Gasteiger partial charge in [0.15, 0.2) is 5.96 Å². The van der Waals surface area contributed by atoms with E-state index in [-0.39, 0.29) is 5.97 Å². The Balaban J connectivity index is 2.12. The lowest BCUT2D eigenvalue weighted by molar-refractivity contribution is -0.140. The lowest BCUT2D eigenvalue weighted by Crippen LogP contribution is -2.43. The standard InChI is InChI=1S/C14H27N3O2/c1-12-7-6-10-17(11-12)14(15)16-9-5-3-4-8-13(18)19-2/h12H,3-11H2,1-2H3,(H2,15,16). The largest absolute Gasteiger partial charge is 0.469 e. The van der Waals surface area contributed by atoms with Gasteiger partial charge in [0.05, 0.1) is 7.11 Å². The Bertz CT molecular complexity index is 305. The number of unbranched alkanes of at least 4 members (excludes halogenated alkanes) is 2. The fraction of sp³-hybridized carbons (Fsp3) is 0.857. The van der Waals surface area contributed by atoms with E-state index in [1.54, 1.807) is 0 Å². The normalized spacial score (nSPS) is 20.4. The summed E-state index contributed by atoms with van der Waals surface area (Å²) in [6.07, 6.45) is 5.82. The first-order valence-corrected chi connectivity index (χ1v) is 7.25. The second-order valence-corrected chi connectivity index (χ2v) is 5.32. The molecule has 5 nitrogen and oxygen atoms in total. The second-order valence-electron chi connectivity index (χ2n) is 5.32. The number of piperidine rings is 1. The highest BCUT2D eigenvalue weighted by molar-refractivity contribution is 5.78. The van der Waals surface area contributed by atoms with Crippen molar-refractivity contribution in [3.63, 3.8) is 0 Å². The van der Waals surface area contributed by atoms with Gasteiger partial charge in [-0.15, -0.1) is 0 Å². The van der Waals surface area contributed by atoms with Crippen LogP contribution in [0.3, 0.4) is 0 Å². The van der Waals surface area contributed by atoms with E-state index in [1.807, 2.05) is 0 Å². The summed E-state index contributed by atoms with van der Waals surface area (Å²) in [7, 11) is 1.42. The fourth-order valence-electron chi connectivity index (χ4n) is 2.35. The molecule has 1 heterocycles. The summed E-state index contributed by atoms with van der Waals surface area (Å²) in [5, 5.41) is 0. The highest BCUT2D eigenvalue weighted by Crippen LogP contribution is 2.14. The van der Waals surface area contributed by atoms with Crippen LogP contribution in [-0.2, 0) is 9.53 Å². The number of hydrogen-bond acceptors (Lipinski definition) is 3. The number of carbonyl (C=O) groups is 1. The number of likely N-dealkylation sites (tertiary alicyclic amines) is 1. The van der Waals surface area contributed by atoms with Crippen molar-refractivity contribution >= 4 is 11.9 Å². The SMILES string of the molecule is COC(=O)CCCCCN=C(N)N1CCCC(C)C1. The van der Waals surface area contributed by atoms with E-state index in [4.69, 9.17) is 5.73 Å². The van der Waals surface area contributed by atoms with Gasteiger partial charge in [0, 0.05) is 26.1 Å². The Morgan fingerprint density at radius 3 is 2.89 bits per heavy atom. The minimum atomic E-state index is -0.134. The number of methoxy groups -OCH3 is 1. The maximum absolute atomic E-state index is 10.9. The molecule has 1 aliphatic rings. The number of hydrogen-bond donors (Lipinski definition) is 1. The summed E-state index contributed by atoms with van der Waals surface area (Å²) >= 11 is 0. The molecule has 0 aromatic carbocycles. The molecule has 1 rings (SSSR count). The summed E-state index contributed by atoms with van der Waals surface area (Å²) < 4.78 is 4.59. The van der Waals surface area contributed by atoms with Crippen molar-refractivity contribution in [2.75, 3.05) is 26.7 Å². The molecule has 0 radical (unpaired) electrons. The third kappa shape index (κ3) is 6.45. The molecule has 1 atom stereocenters. The van der Waals surface area contributed by atoms with Crippen LogP contribution in [0, 0.1) is 5.92 Å². The van der Waals surface area contributed by atoms with Crippen molar-refractivity contribution in [2.45, 2.75) is 45.4 Å². The van der Waals surface area contributed by atoms with Gasteiger partial charge in [-0.05, 0) is 31.6 Å². The van der Waals surface area contributed by atoms with Gasteiger partial charge in [-0.25, -0.2) is 0 Å². The first-order valence-electron chi connectivity index (χ1n) is 7.25. The molecule has 110 valence electrons. The van der Waals surface area contributed by atoms with E-state index in [9.17, 15) is 4.79 Å². The van der Waals surface area contributed by atoms with E-state index in [1.165, 1.54) is 20.0 Å². The van der Waals surface area contributed by atoms with Crippen LogP contribution in [0.5, 0.6) is 0 Å². The smallest absolute Gasteiger partial charge is 0.305 e. The Morgan fingerprint density at radius 2 is 2.21 bits per heavy atom. The molecule has 0 saturated carbocycles. The van der Waals surface area contributed by atoms with Crippen molar-refractivity contribution in [3.05, 3.63) is 0 Å². The van der Waals surface area contributed by atoms with E-state index in [0.29, 0.717) is 18.3 Å². The van der Waals surface area contributed by atoms with Gasteiger partial charge in [-0.2, -0.15) is 0 Å². The summed E-state index contributed by atoms with van der Waals surface area (Å²) in [6.45, 7) is 5.06. The summed E-state index contributed by atoms with van der Waals surface area (Å²) in [5.41, 5.74) is 6.00. The maximum atomic E-state index is 10.9. The minimum absolute atomic E-state index is 0.134. The number of rotatable bonds is 6. The van der Waals surface area contributed by atoms with E-state index >= 15 is 0 Å². The number of aliphatic imine (C=N–C) groups is 1. The number of nitrogens with zero attached hydrogens (tertiary/aromatic N) is 2. The fourth-order valence-corrected chi connectivity index (χ4v) is 2.35. The zero-order valence-electron chi connectivity index (χ0n) is 12.2. The average Bonchev–Trinajstić information content (AvgIpc) is 2.42. The van der Waals surface area contributed by atoms with Crippen LogP contribution < -0.4 is 5.73 Å². The van der Waals surface area contributed by atoms with Gasteiger partial charge in [-0.3, -0.25) is 9.79 Å². The van der Waals surface area contributed by atoms with Crippen LogP contribution in [0.2, 0.25) is 0 Å². The molecule has 0 bridgehead atoms. The maximum Gasteiger partial charge on any atom is 0.305 e. The van der Waals surface area contributed by atoms with Gasteiger partial charge in [0.2, 0.25) is 0 Å². The molecule has 5 heteroatoms. The number of ether oxygens (including phenoxy) is 1. The molecular weight excluding hydrogens is 242 g/mol. The highest BCUT2D eigenvalue weighted by Gasteiger charge is 2.17. The van der Waals surface area contributed by atoms with Crippen molar-refractivity contribution < 1.29 is 9.53 Å². The average molecular weight is 269 g/mol. The molecule has 1 fully saturated rings. The summed E-state index contributed by atoms with van der Waals surface area (Å²) in [5.74, 6) is 1.26. The van der Waals surface area contributed by atoms with Crippen LogP contribution in [-0.4, -0.2) is 43.6 Å². The molecule has 0 spiro atoms. The van der Waals surface area contributed by atoms with Crippen molar-refractivity contribution in [3.8, 4) is 0 Å². The number of guanidine groups is 1. The van der Waals surface area contributed by atoms with Gasteiger partial charge in [0.1, 0.15) is 0 Å². The number of carbonyl (C=O) groups excluding carboxylic acids is 1. The molecule has 19 heavy (non-hydrogen) atoms. The Hall–Kier alpha value is -1.26. The van der Waals surface area contributed by atoms with Gasteiger partial charge >= 0.3 is 5.97 Å². The van der Waals surface area contributed by atoms with Gasteiger partial charge < -0.3 is 15.4 Å². The molecule has 1 saturated heterocycles. The quantitative estimate of drug-likeness (QED) is 0.345. The molecule has 1 unspecified atom stereocenters. The van der Waals surface area contributed by atoms with Gasteiger partial charge in [-0.1, -0.05) is 13.3 Å². The molecular formula is C14H27N3O2. The van der Waals surface area contributed by atoms with Crippen molar-refractivity contribution in [2.24, 2.45) is 16.6 Å². The molecule has 1 aliphatic heterocycles. The predicted octanol–water partition coefficient (Wildman–Crippen LogP) is 1.77. The van der Waals surface area contributed by atoms with E-state index in [0.717, 1.165) is 38.9 Å². The summed E-state index contributed by atoms with van der Waals surface area (Å²) in [6, 6.07) is 0. The summed E-state index contributed by atoms with van der Waals surface area (Å²) in [4.78, 5) is 17.5. The van der Waals surface area contributed by atoms with Crippen molar-refractivity contribution in [1.29, 1.82) is 0 Å². The lowest BCUT2D eigenvalue weighted by atomic mass is 10.0. The molecule has 0 aromatic rings. The lowest BCUT2D eigenvalue weighted by Gasteiger charge is -2.31. The molecule has 0 amide bonds. The highest BCUT2D eigenvalue weighted by atomic mass is 16.5. The predicted molar refractivity (Wildman–Crippen MR) is 76.9 cm³/mol. The molecule has 0 aliphatic carbocycles. The molecule has 2 N–H and O–H groups in total. The zero-order valence-corrected chi connectivity index (χ0v) is 12.2. The third-order valence-electron chi connectivity index (χ3n) is 3.52. The van der Waals surface area contributed by atoms with Crippen molar-refractivity contribution in [1.82, 2.24) is 4.90 Å². The monoisotopic (exact) mass is 269 g/mol. The van der Waals surface area contributed by atoms with Crippen LogP contribution in [0.4, 0.5) is 0 Å². The first-order chi connectivity index (χ1) is 9.13. The Morgan fingerprint density at radius 1 is 1.42 bits per heavy atom. The van der Waals surface area contributed by atoms with Crippen LogP contribution in [0.15, 0.2) is 4.99 Å². The zero-order chi connectivity index (χ0) is 14.1. The van der Waals surface area contributed by atoms with E-state index < -0.39 is 0 Å². The first kappa shape index (κ1) is 15.8.